The Balaban J connectivity index is 1.96. The van der Waals surface area contributed by atoms with Crippen LogP contribution in [0.5, 0.6) is 5.75 Å². The van der Waals surface area contributed by atoms with Crippen molar-refractivity contribution in [3.63, 3.8) is 0 Å². The molecule has 1 aromatic carbocycles. The predicted molar refractivity (Wildman–Crippen MR) is 113 cm³/mol. The molecule has 1 aliphatic rings. The predicted octanol–water partition coefficient (Wildman–Crippen LogP) is 5.22. The van der Waals surface area contributed by atoms with Gasteiger partial charge in [0.15, 0.2) is 0 Å². The van der Waals surface area contributed by atoms with Crippen molar-refractivity contribution in [1.82, 2.24) is 4.90 Å². The third-order valence-electron chi connectivity index (χ3n) is 4.18. The van der Waals surface area contributed by atoms with Crippen molar-refractivity contribution in [2.24, 2.45) is 0 Å². The smallest absolute Gasteiger partial charge is 0.410 e. The lowest BCUT2D eigenvalue weighted by atomic mass is 9.99. The topological polar surface area (TPSA) is 50.8 Å². The highest BCUT2D eigenvalue weighted by Crippen LogP contribution is 2.37. The van der Waals surface area contributed by atoms with E-state index in [4.69, 9.17) is 21.7 Å². The molecule has 1 aliphatic heterocycles. The molecule has 0 radical (unpaired) electrons. The Kier molecular flexibility index (Phi) is 5.44. The van der Waals surface area contributed by atoms with Crippen LogP contribution in [0.1, 0.15) is 44.9 Å². The molecule has 1 amide bonds. The summed E-state index contributed by atoms with van der Waals surface area (Å²) in [5.41, 5.74) is 2.24. The van der Waals surface area contributed by atoms with E-state index < -0.39 is 5.60 Å². The zero-order valence-corrected chi connectivity index (χ0v) is 17.7. The monoisotopic (exact) mass is 404 g/mol. The van der Waals surface area contributed by atoms with E-state index in [0.29, 0.717) is 4.99 Å². The summed E-state index contributed by atoms with van der Waals surface area (Å²) in [6.45, 7) is 7.50. The fourth-order valence-electron chi connectivity index (χ4n) is 2.91. The van der Waals surface area contributed by atoms with E-state index in [1.807, 2.05) is 62.7 Å². The van der Waals surface area contributed by atoms with Gasteiger partial charge in [0, 0.05) is 7.05 Å². The van der Waals surface area contributed by atoms with Gasteiger partial charge in [-0.15, -0.1) is 0 Å². The Labute approximate surface area is 169 Å². The molecule has 27 heavy (non-hydrogen) atoms. The van der Waals surface area contributed by atoms with Crippen LogP contribution in [0.25, 0.3) is 0 Å². The molecule has 0 bridgehead atoms. The maximum atomic E-state index is 12.7. The molecule has 0 saturated heterocycles. The summed E-state index contributed by atoms with van der Waals surface area (Å²) >= 11 is 6.92. The summed E-state index contributed by atoms with van der Waals surface area (Å²) in [6.07, 6.45) is -0.528. The SMILES string of the molecule is CC1Oc2ccc(C(c3ccsc3)N(C)C(=O)OC(C)(C)C)cc2NC1=S. The minimum absolute atomic E-state index is 0.157. The number of benzene rings is 1. The van der Waals surface area contributed by atoms with E-state index in [1.165, 1.54) is 0 Å². The number of carbonyl (C=O) groups excluding carboxylic acids is 1. The van der Waals surface area contributed by atoms with E-state index in [1.54, 1.807) is 23.3 Å². The molecule has 2 atom stereocenters. The zero-order chi connectivity index (χ0) is 19.8. The minimum Gasteiger partial charge on any atom is -0.481 e. The highest BCUT2D eigenvalue weighted by Gasteiger charge is 2.29. The third-order valence-corrected chi connectivity index (χ3v) is 5.31. The van der Waals surface area contributed by atoms with Gasteiger partial charge in [-0.2, -0.15) is 11.3 Å². The fraction of sp³-hybridized carbons (Fsp3) is 0.400. The number of ether oxygens (including phenoxy) is 2. The van der Waals surface area contributed by atoms with Crippen molar-refractivity contribution in [2.75, 3.05) is 12.4 Å². The van der Waals surface area contributed by atoms with Crippen LogP contribution in [0, 0.1) is 0 Å². The molecule has 1 aromatic heterocycles. The number of thiocarbonyl (C=S) groups is 1. The van der Waals surface area contributed by atoms with Crippen LogP contribution in [-0.2, 0) is 4.74 Å². The third kappa shape index (κ3) is 4.42. The molecule has 2 heterocycles. The van der Waals surface area contributed by atoms with Gasteiger partial charge in [0.25, 0.3) is 0 Å². The lowest BCUT2D eigenvalue weighted by Gasteiger charge is -2.32. The molecule has 0 aliphatic carbocycles. The number of thiophene rings is 1. The van der Waals surface area contributed by atoms with E-state index in [0.717, 1.165) is 22.6 Å². The average molecular weight is 405 g/mol. The second-order valence-corrected chi connectivity index (χ2v) is 8.78. The van der Waals surface area contributed by atoms with Gasteiger partial charge in [0.05, 0.1) is 11.7 Å². The van der Waals surface area contributed by atoms with Crippen LogP contribution in [0.3, 0.4) is 0 Å². The molecule has 7 heteroatoms. The number of hydrogen-bond acceptors (Lipinski definition) is 5. The Morgan fingerprint density at radius 2 is 2.07 bits per heavy atom. The molecular weight excluding hydrogens is 380 g/mol. The molecule has 1 N–H and O–H groups in total. The zero-order valence-electron chi connectivity index (χ0n) is 16.1. The first-order valence-corrected chi connectivity index (χ1v) is 10.1. The average Bonchev–Trinajstić information content (AvgIpc) is 3.08. The number of carbonyl (C=O) groups is 1. The van der Waals surface area contributed by atoms with Crippen molar-refractivity contribution in [3.05, 3.63) is 46.2 Å². The minimum atomic E-state index is -0.557. The first-order chi connectivity index (χ1) is 12.7. The van der Waals surface area contributed by atoms with Crippen LogP contribution in [-0.4, -0.2) is 34.7 Å². The Bertz CT molecular complexity index is 843. The van der Waals surface area contributed by atoms with Gasteiger partial charge in [0.1, 0.15) is 22.4 Å². The molecule has 2 aromatic rings. The first kappa shape index (κ1) is 19.6. The number of hydrogen-bond donors (Lipinski definition) is 1. The lowest BCUT2D eigenvalue weighted by molar-refractivity contribution is 0.0249. The summed E-state index contributed by atoms with van der Waals surface area (Å²) < 4.78 is 11.4. The van der Waals surface area contributed by atoms with Crippen LogP contribution >= 0.6 is 23.6 Å². The summed E-state index contributed by atoms with van der Waals surface area (Å²) in [5.74, 6) is 0.754. The largest absolute Gasteiger partial charge is 0.481 e. The summed E-state index contributed by atoms with van der Waals surface area (Å²) in [5, 5.41) is 7.28. The Morgan fingerprint density at radius 1 is 1.33 bits per heavy atom. The molecule has 0 spiro atoms. The van der Waals surface area contributed by atoms with Crippen molar-refractivity contribution >= 4 is 40.3 Å². The van der Waals surface area contributed by atoms with E-state index in [-0.39, 0.29) is 18.2 Å². The fourth-order valence-corrected chi connectivity index (χ4v) is 3.74. The van der Waals surface area contributed by atoms with E-state index in [9.17, 15) is 4.79 Å². The van der Waals surface area contributed by atoms with Crippen molar-refractivity contribution < 1.29 is 14.3 Å². The van der Waals surface area contributed by atoms with E-state index >= 15 is 0 Å². The summed E-state index contributed by atoms with van der Waals surface area (Å²) in [7, 11) is 1.76. The highest BCUT2D eigenvalue weighted by atomic mass is 32.1. The van der Waals surface area contributed by atoms with Crippen molar-refractivity contribution in [1.29, 1.82) is 0 Å². The first-order valence-electron chi connectivity index (χ1n) is 8.75. The van der Waals surface area contributed by atoms with E-state index in [2.05, 4.69) is 5.32 Å². The quantitative estimate of drug-likeness (QED) is 0.711. The van der Waals surface area contributed by atoms with Gasteiger partial charge >= 0.3 is 6.09 Å². The summed E-state index contributed by atoms with van der Waals surface area (Å²) in [6, 6.07) is 7.62. The molecule has 144 valence electrons. The second-order valence-electron chi connectivity index (χ2n) is 7.56. The number of nitrogens with one attached hydrogen (secondary N) is 1. The van der Waals surface area contributed by atoms with Gasteiger partial charge in [-0.3, -0.25) is 0 Å². The van der Waals surface area contributed by atoms with Crippen LogP contribution in [0.2, 0.25) is 0 Å². The molecular formula is C20H24N2O3S2. The number of rotatable bonds is 3. The lowest BCUT2D eigenvalue weighted by Crippen LogP contribution is -2.37. The second kappa shape index (κ2) is 7.48. The molecule has 5 nitrogen and oxygen atoms in total. The molecule has 2 unspecified atom stereocenters. The molecule has 0 saturated carbocycles. The normalized spacial score (nSPS) is 17.4. The standard InChI is InChI=1S/C20H24N2O3S2/c1-12-18(26)21-15-10-13(6-7-16(15)24-12)17(14-8-9-27-11-14)22(5)19(23)25-20(2,3)4/h6-12,17H,1-5H3,(H,21,26). The number of anilines is 1. The highest BCUT2D eigenvalue weighted by molar-refractivity contribution is 7.80. The Hall–Kier alpha value is -2.12. The van der Waals surface area contributed by atoms with Crippen molar-refractivity contribution in [3.8, 4) is 5.75 Å². The number of amides is 1. The maximum absolute atomic E-state index is 12.7. The van der Waals surface area contributed by atoms with Crippen LogP contribution in [0.4, 0.5) is 10.5 Å². The Morgan fingerprint density at radius 3 is 2.70 bits per heavy atom. The van der Waals surface area contributed by atoms with Crippen molar-refractivity contribution in [2.45, 2.75) is 45.4 Å². The molecule has 3 rings (SSSR count). The van der Waals surface area contributed by atoms with Gasteiger partial charge < -0.3 is 19.7 Å². The van der Waals surface area contributed by atoms with Gasteiger partial charge in [-0.25, -0.2) is 4.79 Å². The van der Waals surface area contributed by atoms with Gasteiger partial charge in [0.2, 0.25) is 0 Å². The van der Waals surface area contributed by atoms with Crippen LogP contribution in [0.15, 0.2) is 35.0 Å². The maximum Gasteiger partial charge on any atom is 0.410 e. The van der Waals surface area contributed by atoms with Gasteiger partial charge in [-0.05, 0) is 67.8 Å². The van der Waals surface area contributed by atoms with Gasteiger partial charge in [-0.1, -0.05) is 18.3 Å². The number of nitrogens with zero attached hydrogens (tertiary/aromatic N) is 1. The van der Waals surface area contributed by atoms with Crippen LogP contribution < -0.4 is 10.1 Å². The summed E-state index contributed by atoms with van der Waals surface area (Å²) in [4.78, 5) is 15.0. The molecule has 0 fully saturated rings. The number of fused-ring (bicyclic) bond motifs is 1.